The second-order valence-corrected chi connectivity index (χ2v) is 4.64. The zero-order chi connectivity index (χ0) is 14.9. The average Bonchev–Trinajstić information content (AvgIpc) is 2.71. The van der Waals surface area contributed by atoms with Gasteiger partial charge in [-0.2, -0.15) is 0 Å². The quantitative estimate of drug-likeness (QED) is 0.596. The fraction of sp³-hybridized carbons (Fsp3) is 0.462. The molecule has 0 aromatic rings. The van der Waals surface area contributed by atoms with E-state index in [4.69, 9.17) is 16.9 Å². The van der Waals surface area contributed by atoms with Crippen LogP contribution in [0.25, 0.3) is 0 Å². The van der Waals surface area contributed by atoms with Crippen LogP contribution < -0.4 is 5.73 Å². The minimum absolute atomic E-state index is 0.242. The largest absolute Gasteiger partial charge is 0.392 e. The van der Waals surface area contributed by atoms with Gasteiger partial charge in [0, 0.05) is 6.20 Å². The van der Waals surface area contributed by atoms with Crippen molar-refractivity contribution in [3.05, 3.63) is 24.7 Å². The Morgan fingerprint density at radius 3 is 2.90 bits per heavy atom. The molecular weight excluding hydrogens is 265 g/mol. The van der Waals surface area contributed by atoms with Crippen LogP contribution in [0.15, 0.2) is 29.7 Å². The van der Waals surface area contributed by atoms with Crippen molar-refractivity contribution in [1.29, 1.82) is 0 Å². The predicted molar refractivity (Wildman–Crippen MR) is 70.7 cm³/mol. The molecule has 20 heavy (non-hydrogen) atoms. The number of alkyl halides is 1. The normalized spacial score (nSPS) is 36.9. The van der Waals surface area contributed by atoms with Gasteiger partial charge in [-0.3, -0.25) is 4.39 Å². The van der Waals surface area contributed by atoms with Gasteiger partial charge in [0.1, 0.15) is 24.0 Å². The summed E-state index contributed by atoms with van der Waals surface area (Å²) in [7, 11) is 0. The molecule has 2 heterocycles. The average molecular weight is 281 g/mol. The van der Waals surface area contributed by atoms with Crippen LogP contribution in [0.2, 0.25) is 0 Å². The molecule has 6 nitrogen and oxygen atoms in total. The minimum Gasteiger partial charge on any atom is -0.392 e. The maximum atomic E-state index is 13.2. The Morgan fingerprint density at radius 2 is 2.40 bits per heavy atom. The summed E-state index contributed by atoms with van der Waals surface area (Å²) in [6.07, 6.45) is 6.07. The maximum absolute atomic E-state index is 13.2. The fourth-order valence-corrected chi connectivity index (χ4v) is 2.31. The number of hydrogen-bond donors (Lipinski definition) is 3. The SMILES string of the molecule is C#C[C@]1(CO)O[C@@H](N2C=CC(N)=NC2=C)[C@@H](CF)[C@@H]1O. The number of nitrogens with zero attached hydrogens (tertiary/aromatic N) is 2. The van der Waals surface area contributed by atoms with E-state index in [9.17, 15) is 14.6 Å². The first-order chi connectivity index (χ1) is 9.49. The zero-order valence-corrected chi connectivity index (χ0v) is 10.7. The molecule has 2 aliphatic rings. The van der Waals surface area contributed by atoms with E-state index in [-0.39, 0.29) is 11.7 Å². The number of aliphatic hydroxyl groups excluding tert-OH is 2. The summed E-state index contributed by atoms with van der Waals surface area (Å²) in [5, 5.41) is 19.5. The van der Waals surface area contributed by atoms with E-state index in [1.807, 2.05) is 0 Å². The number of hydrogen-bond acceptors (Lipinski definition) is 6. The van der Waals surface area contributed by atoms with Crippen molar-refractivity contribution in [2.24, 2.45) is 16.6 Å². The fourth-order valence-electron chi connectivity index (χ4n) is 2.31. The number of aliphatic imine (C=N–C) groups is 1. The summed E-state index contributed by atoms with van der Waals surface area (Å²) < 4.78 is 18.8. The third kappa shape index (κ3) is 2.08. The van der Waals surface area contributed by atoms with Gasteiger partial charge >= 0.3 is 0 Å². The molecule has 0 radical (unpaired) electrons. The highest BCUT2D eigenvalue weighted by molar-refractivity contribution is 5.92. The second-order valence-electron chi connectivity index (χ2n) is 4.64. The van der Waals surface area contributed by atoms with E-state index >= 15 is 0 Å². The lowest BCUT2D eigenvalue weighted by molar-refractivity contribution is -0.0998. The van der Waals surface area contributed by atoms with Crippen LogP contribution in [0.5, 0.6) is 0 Å². The van der Waals surface area contributed by atoms with Gasteiger partial charge in [0.15, 0.2) is 5.60 Å². The highest BCUT2D eigenvalue weighted by Crippen LogP contribution is 2.38. The number of amidine groups is 1. The Labute approximate surface area is 116 Å². The van der Waals surface area contributed by atoms with Crippen LogP contribution in [0, 0.1) is 18.3 Å². The van der Waals surface area contributed by atoms with Crippen molar-refractivity contribution in [2.75, 3.05) is 13.3 Å². The molecule has 0 amide bonds. The lowest BCUT2D eigenvalue weighted by Crippen LogP contribution is -2.43. The molecule has 2 aliphatic heterocycles. The van der Waals surface area contributed by atoms with Crippen molar-refractivity contribution in [3.8, 4) is 12.3 Å². The molecule has 1 fully saturated rings. The lowest BCUT2D eigenvalue weighted by atomic mass is 9.91. The van der Waals surface area contributed by atoms with Gasteiger partial charge in [-0.25, -0.2) is 4.99 Å². The topological polar surface area (TPSA) is 91.3 Å². The molecule has 0 spiro atoms. The predicted octanol–water partition coefficient (Wildman–Crippen LogP) is -0.689. The Kier molecular flexibility index (Phi) is 3.81. The summed E-state index contributed by atoms with van der Waals surface area (Å²) in [4.78, 5) is 5.37. The van der Waals surface area contributed by atoms with E-state index in [1.165, 1.54) is 17.2 Å². The first kappa shape index (κ1) is 14.5. The van der Waals surface area contributed by atoms with Crippen molar-refractivity contribution in [2.45, 2.75) is 17.9 Å². The molecule has 0 bridgehead atoms. The zero-order valence-electron chi connectivity index (χ0n) is 10.7. The molecule has 4 N–H and O–H groups in total. The standard InChI is InChI=1S/C13H16FN3O3/c1-3-13(7-18)11(19)9(6-14)12(20-13)17-5-4-10(15)16-8(17)2/h1,4-5,9,11-12,18-19H,2,6-7H2,(H2,15,16)/t9-,11-,12+,13+/m0/s1. The van der Waals surface area contributed by atoms with Crippen LogP contribution in [0.1, 0.15) is 0 Å². The summed E-state index contributed by atoms with van der Waals surface area (Å²) in [6, 6.07) is 0. The first-order valence-electron chi connectivity index (χ1n) is 5.99. The molecule has 1 saturated heterocycles. The van der Waals surface area contributed by atoms with Crippen molar-refractivity contribution in [3.63, 3.8) is 0 Å². The summed E-state index contributed by atoms with van der Waals surface area (Å²) in [6.45, 7) is 2.21. The van der Waals surface area contributed by atoms with Crippen LogP contribution in [-0.2, 0) is 4.74 Å². The van der Waals surface area contributed by atoms with Gasteiger partial charge in [0.2, 0.25) is 0 Å². The van der Waals surface area contributed by atoms with Crippen molar-refractivity contribution < 1.29 is 19.3 Å². The van der Waals surface area contributed by atoms with Crippen molar-refractivity contribution >= 4 is 5.84 Å². The Balaban J connectivity index is 2.31. The van der Waals surface area contributed by atoms with E-state index < -0.39 is 37.1 Å². The van der Waals surface area contributed by atoms with Crippen molar-refractivity contribution in [1.82, 2.24) is 4.90 Å². The molecule has 0 saturated carbocycles. The molecule has 108 valence electrons. The molecule has 0 aliphatic carbocycles. The number of rotatable bonds is 3. The number of nitrogens with two attached hydrogens (primary N) is 1. The molecule has 7 heteroatoms. The Morgan fingerprint density at radius 1 is 1.70 bits per heavy atom. The summed E-state index contributed by atoms with van der Waals surface area (Å²) in [5.74, 6) is 1.77. The number of aliphatic hydroxyl groups is 2. The van der Waals surface area contributed by atoms with Gasteiger partial charge in [-0.1, -0.05) is 12.5 Å². The van der Waals surface area contributed by atoms with Gasteiger partial charge in [-0.05, 0) is 6.08 Å². The smallest absolute Gasteiger partial charge is 0.179 e. The van der Waals surface area contributed by atoms with E-state index in [1.54, 1.807) is 0 Å². The maximum Gasteiger partial charge on any atom is 0.179 e. The molecule has 0 unspecified atom stereocenters. The molecule has 0 aromatic heterocycles. The third-order valence-electron chi connectivity index (χ3n) is 3.47. The summed E-state index contributed by atoms with van der Waals surface area (Å²) >= 11 is 0. The Bertz CT molecular complexity index is 513. The van der Waals surface area contributed by atoms with Crippen LogP contribution in [0.3, 0.4) is 0 Å². The number of terminal acetylenes is 1. The van der Waals surface area contributed by atoms with Crippen LogP contribution in [-0.4, -0.2) is 52.2 Å². The Hall–Kier alpha value is -1.88. The summed E-state index contributed by atoms with van der Waals surface area (Å²) in [5.41, 5.74) is 3.89. The monoisotopic (exact) mass is 281 g/mol. The van der Waals surface area contributed by atoms with Gasteiger partial charge in [-0.15, -0.1) is 6.42 Å². The van der Waals surface area contributed by atoms with E-state index in [0.717, 1.165) is 0 Å². The number of ether oxygens (including phenoxy) is 1. The third-order valence-corrected chi connectivity index (χ3v) is 3.47. The second kappa shape index (κ2) is 5.25. The van der Waals surface area contributed by atoms with Gasteiger partial charge in [0.25, 0.3) is 0 Å². The number of halogens is 1. The lowest BCUT2D eigenvalue weighted by Gasteiger charge is -2.31. The first-order valence-corrected chi connectivity index (χ1v) is 5.99. The van der Waals surface area contributed by atoms with Crippen LogP contribution >= 0.6 is 0 Å². The molecule has 4 atom stereocenters. The highest BCUT2D eigenvalue weighted by atomic mass is 19.1. The van der Waals surface area contributed by atoms with Gasteiger partial charge < -0.3 is 25.6 Å². The van der Waals surface area contributed by atoms with E-state index in [2.05, 4.69) is 17.5 Å². The molecular formula is C13H16FN3O3. The molecule has 2 rings (SSSR count). The van der Waals surface area contributed by atoms with Crippen LogP contribution in [0.4, 0.5) is 4.39 Å². The highest BCUT2D eigenvalue weighted by Gasteiger charge is 2.55. The van der Waals surface area contributed by atoms with E-state index in [0.29, 0.717) is 0 Å². The van der Waals surface area contributed by atoms with Gasteiger partial charge in [0.05, 0.1) is 19.2 Å². The molecule has 0 aromatic carbocycles. The minimum atomic E-state index is -1.64.